The number of amides is 4. The van der Waals surface area contributed by atoms with Gasteiger partial charge in [0.25, 0.3) is 23.6 Å². The van der Waals surface area contributed by atoms with E-state index < -0.39 is 0 Å². The lowest BCUT2D eigenvalue weighted by Crippen LogP contribution is -2.30. The molecule has 0 saturated heterocycles. The van der Waals surface area contributed by atoms with Gasteiger partial charge < -0.3 is 24.5 Å². The number of thiophene rings is 4. The summed E-state index contributed by atoms with van der Waals surface area (Å²) in [6, 6.07) is 30.9. The molecule has 5 aliphatic rings. The van der Waals surface area contributed by atoms with E-state index in [2.05, 4.69) is 123 Å². The van der Waals surface area contributed by atoms with Crippen molar-refractivity contribution < 1.29 is 19.2 Å². The van der Waals surface area contributed by atoms with Crippen LogP contribution in [0.3, 0.4) is 0 Å². The average Bonchev–Trinajstić information content (AvgIpc) is 1.56. The quantitative estimate of drug-likeness (QED) is 0.0356. The Hall–Kier alpha value is -5.77. The second kappa shape index (κ2) is 34.4. The first-order valence-electron chi connectivity index (χ1n) is 36.5. The van der Waals surface area contributed by atoms with Crippen molar-refractivity contribution in [2.24, 2.45) is 0 Å². The van der Waals surface area contributed by atoms with Crippen molar-refractivity contribution in [2.75, 3.05) is 37.6 Å². The lowest BCUT2D eigenvalue weighted by molar-refractivity contribution is -0.124. The minimum atomic E-state index is -0.0380. The molecule has 9 nitrogen and oxygen atoms in total. The van der Waals surface area contributed by atoms with E-state index >= 15 is 19.2 Å². The summed E-state index contributed by atoms with van der Waals surface area (Å²) in [5.74, 6) is -0.152. The Balaban J connectivity index is 0.915. The highest BCUT2D eigenvalue weighted by Crippen LogP contribution is 2.54. The molecular formula is C80H101N5O4S5. The number of benzene rings is 2. The number of carbonyl (C=O) groups is 4. The van der Waals surface area contributed by atoms with Crippen LogP contribution in [0.25, 0.3) is 43.7 Å². The molecule has 0 bridgehead atoms. The van der Waals surface area contributed by atoms with Gasteiger partial charge in [-0.25, -0.2) is 0 Å². The van der Waals surface area contributed by atoms with Gasteiger partial charge in [-0.05, 0) is 115 Å². The molecule has 2 aromatic carbocycles. The fourth-order valence-electron chi connectivity index (χ4n) is 14.4. The maximum absolute atomic E-state index is 15.1. The number of unbranched alkanes of at least 4 members (excludes halogenated alkanes) is 25. The molecule has 0 radical (unpaired) electrons. The number of hydrogen-bond donors (Lipinski definition) is 0. The highest BCUT2D eigenvalue weighted by atomic mass is 32.2. The van der Waals surface area contributed by atoms with Crippen LogP contribution in [0.2, 0.25) is 0 Å². The third-order valence-electron chi connectivity index (χ3n) is 19.5. The molecule has 14 heteroatoms. The molecule has 0 saturated carbocycles. The normalized spacial score (nSPS) is 15.5. The molecule has 0 aliphatic carbocycles. The average molecular weight is 1360 g/mol. The molecule has 0 unspecified atom stereocenters. The number of nitrogens with zero attached hydrogens (tertiary/aromatic N) is 5. The number of hydrogen-bond acceptors (Lipinski definition) is 10. The van der Waals surface area contributed by atoms with Crippen LogP contribution in [0.4, 0.5) is 11.4 Å². The topological polar surface area (TPSA) is 84.5 Å². The van der Waals surface area contributed by atoms with Crippen LogP contribution in [0.5, 0.6) is 0 Å². The minimum absolute atomic E-state index is 0.0380. The standard InChI is InChI=1S/C80H101N5O4S5/c1-6-11-16-21-26-31-48-81-59-42-40-57(61-44-46-65(92-61)75-71-69(77(86)84(75)51-34-29-24-19-14-9-4)73(63-38-36-53-90-63)82(79(71)88)49-32-27-22-17-12-7-2)55-67(59)94-68-56-58(41-43-60(68)81)62-45-47-66(93-62)76-72-70(78(87)85(76)52-35-30-25-20-15-10-5)74(64-39-37-54-91-64)83(80(72)89)50-33-28-23-18-13-8-3/h36-47,53-56H,6-35,48-52H2,1-5H3. The van der Waals surface area contributed by atoms with E-state index in [1.165, 1.54) is 130 Å². The zero-order chi connectivity index (χ0) is 65.3. The molecule has 500 valence electrons. The lowest BCUT2D eigenvalue weighted by atomic mass is 10.1. The van der Waals surface area contributed by atoms with Crippen molar-refractivity contribution in [1.29, 1.82) is 0 Å². The lowest BCUT2D eigenvalue weighted by Gasteiger charge is -2.33. The first-order valence-corrected chi connectivity index (χ1v) is 40.7. The Morgan fingerprint density at radius 2 is 0.564 bits per heavy atom. The van der Waals surface area contributed by atoms with Gasteiger partial charge in [-0.3, -0.25) is 19.2 Å². The zero-order valence-electron chi connectivity index (χ0n) is 56.9. The number of carbonyl (C=O) groups excluding carboxylic acids is 4. The number of rotatable bonds is 41. The predicted octanol–water partition coefficient (Wildman–Crippen LogP) is 23.3. The fourth-order valence-corrected chi connectivity index (χ4v) is 19.3. The molecule has 9 heterocycles. The van der Waals surface area contributed by atoms with Gasteiger partial charge in [0.05, 0.1) is 76.0 Å². The van der Waals surface area contributed by atoms with E-state index in [9.17, 15) is 0 Å². The maximum Gasteiger partial charge on any atom is 0.261 e. The molecule has 4 amide bonds. The smallest absolute Gasteiger partial charge is 0.261 e. The molecule has 11 rings (SSSR count). The molecule has 4 aromatic heterocycles. The van der Waals surface area contributed by atoms with Crippen molar-refractivity contribution in [3.8, 4) is 20.9 Å². The summed E-state index contributed by atoms with van der Waals surface area (Å²) in [5, 5.41) is 4.11. The summed E-state index contributed by atoms with van der Waals surface area (Å²) in [6.07, 6.45) is 34.2. The van der Waals surface area contributed by atoms with Crippen LogP contribution < -0.4 is 4.90 Å². The Kier molecular flexibility index (Phi) is 25.5. The van der Waals surface area contributed by atoms with E-state index in [1.54, 1.807) is 45.3 Å². The van der Waals surface area contributed by atoms with Crippen LogP contribution in [0, 0.1) is 0 Å². The largest absolute Gasteiger partial charge is 0.340 e. The Morgan fingerprint density at radius 1 is 0.287 bits per heavy atom. The van der Waals surface area contributed by atoms with Crippen LogP contribution >= 0.6 is 57.1 Å². The van der Waals surface area contributed by atoms with Crippen LogP contribution in [-0.4, -0.2) is 76.0 Å². The van der Waals surface area contributed by atoms with Crippen molar-refractivity contribution in [1.82, 2.24) is 19.6 Å². The first kappa shape index (κ1) is 69.6. The summed E-state index contributed by atoms with van der Waals surface area (Å²) < 4.78 is 0. The van der Waals surface area contributed by atoms with Gasteiger partial charge in [-0.15, -0.1) is 45.3 Å². The van der Waals surface area contributed by atoms with Gasteiger partial charge in [0, 0.05) is 52.3 Å². The number of fused-ring (bicyclic) bond motifs is 4. The van der Waals surface area contributed by atoms with Gasteiger partial charge in [-0.1, -0.05) is 231 Å². The van der Waals surface area contributed by atoms with Crippen molar-refractivity contribution in [3.63, 3.8) is 0 Å². The van der Waals surface area contributed by atoms with Crippen LogP contribution in [0.15, 0.2) is 128 Å². The fraction of sp³-hybridized carbons (Fsp3) is 0.500. The number of anilines is 2. The van der Waals surface area contributed by atoms with Crippen molar-refractivity contribution in [2.45, 2.75) is 237 Å². The SMILES string of the molecule is CCCCCCCCN1C(=O)C2=C(c3ccc(-c4ccc5c(c4)Sc4cc(-c6ccc(C7=C8C(=O)N(CCCCCCCC)C(c9cccs9)=C8C(=O)N7CCCCCCCC)s6)ccc4N5CCCCCCCC)s3)N(CCCCCCCC)C(=O)C2=C1c1cccs1. The minimum Gasteiger partial charge on any atom is -0.340 e. The van der Waals surface area contributed by atoms with Gasteiger partial charge in [0.1, 0.15) is 0 Å². The molecule has 0 N–H and O–H groups in total. The van der Waals surface area contributed by atoms with Gasteiger partial charge in [0.2, 0.25) is 0 Å². The van der Waals surface area contributed by atoms with Gasteiger partial charge in [0.15, 0.2) is 0 Å². The summed E-state index contributed by atoms with van der Waals surface area (Å²) in [5.41, 5.74) is 10.2. The highest BCUT2D eigenvalue weighted by molar-refractivity contribution is 7.99. The van der Waals surface area contributed by atoms with E-state index in [4.69, 9.17) is 0 Å². The van der Waals surface area contributed by atoms with Gasteiger partial charge >= 0.3 is 0 Å². The molecule has 94 heavy (non-hydrogen) atoms. The molecule has 6 aromatic rings. The summed E-state index contributed by atoms with van der Waals surface area (Å²) in [4.78, 5) is 79.5. The molecular weight excluding hydrogens is 1260 g/mol. The molecule has 0 fully saturated rings. The molecule has 0 spiro atoms. The summed E-state index contributed by atoms with van der Waals surface area (Å²) in [6.45, 7) is 14.6. The summed E-state index contributed by atoms with van der Waals surface area (Å²) >= 11 is 8.44. The molecule has 0 atom stereocenters. The third-order valence-corrected chi connectivity index (χ3v) is 24.6. The van der Waals surface area contributed by atoms with Crippen molar-refractivity contribution in [3.05, 3.63) is 137 Å². The van der Waals surface area contributed by atoms with E-state index in [0.29, 0.717) is 48.5 Å². The van der Waals surface area contributed by atoms with E-state index in [-0.39, 0.29) is 23.6 Å². The Labute approximate surface area is 582 Å². The zero-order valence-corrected chi connectivity index (χ0v) is 61.0. The monoisotopic (exact) mass is 1360 g/mol. The summed E-state index contributed by atoms with van der Waals surface area (Å²) in [7, 11) is 0. The highest BCUT2D eigenvalue weighted by Gasteiger charge is 2.51. The van der Waals surface area contributed by atoms with E-state index in [1.807, 2.05) is 43.5 Å². The second-order valence-corrected chi connectivity index (χ2v) is 31.6. The van der Waals surface area contributed by atoms with Crippen molar-refractivity contribution >= 4 is 115 Å². The molecule has 5 aliphatic heterocycles. The Morgan fingerprint density at radius 3 is 0.862 bits per heavy atom. The third kappa shape index (κ3) is 15.6. The first-order chi connectivity index (χ1) is 46.2. The van der Waals surface area contributed by atoms with Crippen LogP contribution in [0.1, 0.15) is 247 Å². The Bertz CT molecular complexity index is 3460. The van der Waals surface area contributed by atoms with E-state index in [0.717, 1.165) is 153 Å². The predicted molar refractivity (Wildman–Crippen MR) is 401 cm³/mol. The van der Waals surface area contributed by atoms with Gasteiger partial charge in [-0.2, -0.15) is 0 Å². The second-order valence-electron chi connectivity index (χ2n) is 26.5. The van der Waals surface area contributed by atoms with Crippen LogP contribution in [-0.2, 0) is 19.2 Å². The maximum atomic E-state index is 15.1.